The largest absolute Gasteiger partial charge is 0.467 e. The number of ether oxygens (including phenoxy) is 7. The Bertz CT molecular complexity index is 654. The molecule has 0 aromatic heterocycles. The van der Waals surface area contributed by atoms with E-state index in [4.69, 9.17) is 33.2 Å². The van der Waals surface area contributed by atoms with Gasteiger partial charge in [-0.15, -0.1) is 0 Å². The second-order valence-electron chi connectivity index (χ2n) is 7.21. The van der Waals surface area contributed by atoms with E-state index in [1.54, 1.807) is 13.8 Å². The summed E-state index contributed by atoms with van der Waals surface area (Å²) >= 11 is 0. The highest BCUT2D eigenvalue weighted by molar-refractivity contribution is 5.91. The van der Waals surface area contributed by atoms with Crippen LogP contribution in [0.25, 0.3) is 0 Å². The van der Waals surface area contributed by atoms with E-state index in [-0.39, 0.29) is 0 Å². The lowest BCUT2D eigenvalue weighted by atomic mass is 9.52. The lowest BCUT2D eigenvalue weighted by Crippen LogP contribution is -2.98. The number of Topliss-reactive ketones (excluding diaryl/α,β-unsaturated/α-hetero) is 1. The van der Waals surface area contributed by atoms with E-state index >= 15 is 0 Å². The number of rotatable bonds is 5. The second kappa shape index (κ2) is 6.18. The van der Waals surface area contributed by atoms with Gasteiger partial charge in [-0.25, -0.2) is 4.79 Å². The third-order valence-electron chi connectivity index (χ3n) is 6.24. The number of esters is 1. The summed E-state index contributed by atoms with van der Waals surface area (Å²) in [5, 5.41) is 11.3. The first kappa shape index (κ1) is 20.6. The molecule has 1 aliphatic carbocycles. The number of ketones is 1. The minimum absolute atomic E-state index is 0.614. The molecule has 0 aromatic carbocycles. The van der Waals surface area contributed by atoms with Crippen LogP contribution in [0.3, 0.4) is 0 Å². The summed E-state index contributed by atoms with van der Waals surface area (Å²) in [5.41, 5.74) is -3.88. The average molecular weight is 390 g/mol. The molecular formula is C17H26O10. The van der Waals surface area contributed by atoms with Gasteiger partial charge in [-0.1, -0.05) is 0 Å². The molecule has 4 rings (SSSR count). The number of methoxy groups -OCH3 is 4. The molecule has 0 unspecified atom stereocenters. The molecule has 0 aromatic rings. The molecule has 1 N–H and O–H groups in total. The first-order valence-electron chi connectivity index (χ1n) is 8.50. The van der Waals surface area contributed by atoms with Crippen molar-refractivity contribution in [3.8, 4) is 0 Å². The minimum atomic E-state index is -2.11. The summed E-state index contributed by atoms with van der Waals surface area (Å²) in [6, 6.07) is 0. The van der Waals surface area contributed by atoms with E-state index in [0.29, 0.717) is 0 Å². The van der Waals surface area contributed by atoms with Crippen LogP contribution in [-0.2, 0) is 42.7 Å². The van der Waals surface area contributed by atoms with E-state index in [2.05, 4.69) is 0 Å². The molecule has 27 heavy (non-hydrogen) atoms. The molecule has 0 radical (unpaired) electrons. The fourth-order valence-electron chi connectivity index (χ4n) is 4.43. The van der Waals surface area contributed by atoms with Crippen molar-refractivity contribution in [1.82, 2.24) is 0 Å². The fourth-order valence-corrected chi connectivity index (χ4v) is 4.43. The molecule has 4 fully saturated rings. The van der Waals surface area contributed by atoms with Crippen molar-refractivity contribution in [3.63, 3.8) is 0 Å². The highest BCUT2D eigenvalue weighted by Gasteiger charge is 2.89. The predicted molar refractivity (Wildman–Crippen MR) is 86.6 cm³/mol. The normalized spacial score (nSPS) is 51.1. The SMILES string of the molecule is COC(=O)[C@H]1O[C@H]2[C@@H]3O[C@@](C)(OC)[C@](C)(OC)O[C@]3([C@@H]1OC)[C@@]2(O)C(C)=O. The van der Waals surface area contributed by atoms with Crippen molar-refractivity contribution in [2.24, 2.45) is 0 Å². The van der Waals surface area contributed by atoms with Gasteiger partial charge in [0.25, 0.3) is 0 Å². The standard InChI is InChI=1S/C17H26O10/c1-8(18)16(20)11-12-17(16,10(21-4)9(25-11)13(19)22-5)27-15(3,24-7)14(2,23-6)26-12/h9-12,20H,1-7H3/t9-,10+,11-,12-,14+,15+,16+,17-/m0/s1. The van der Waals surface area contributed by atoms with Crippen LogP contribution >= 0.6 is 0 Å². The van der Waals surface area contributed by atoms with Crippen LogP contribution in [0.15, 0.2) is 0 Å². The van der Waals surface area contributed by atoms with Crippen LogP contribution in [0.2, 0.25) is 0 Å². The van der Waals surface area contributed by atoms with E-state index in [1.807, 2.05) is 0 Å². The maximum Gasteiger partial charge on any atom is 0.337 e. The molecule has 154 valence electrons. The van der Waals surface area contributed by atoms with Crippen LogP contribution < -0.4 is 0 Å². The summed E-state index contributed by atoms with van der Waals surface area (Å²) in [7, 11) is 5.30. The van der Waals surface area contributed by atoms with Crippen LogP contribution in [0.1, 0.15) is 20.8 Å². The van der Waals surface area contributed by atoms with Crippen LogP contribution in [0.4, 0.5) is 0 Å². The highest BCUT2D eigenvalue weighted by atomic mass is 16.8. The van der Waals surface area contributed by atoms with Gasteiger partial charge in [0.1, 0.15) is 18.3 Å². The molecule has 8 atom stereocenters. The van der Waals surface area contributed by atoms with Gasteiger partial charge in [0.05, 0.1) is 7.11 Å². The highest BCUT2D eigenvalue weighted by Crippen LogP contribution is 2.63. The molecule has 10 nitrogen and oxygen atoms in total. The van der Waals surface area contributed by atoms with Gasteiger partial charge in [-0.3, -0.25) is 4.79 Å². The number of hydrogen-bond acceptors (Lipinski definition) is 10. The van der Waals surface area contributed by atoms with Gasteiger partial charge in [-0.05, 0) is 20.8 Å². The Morgan fingerprint density at radius 3 is 2.04 bits per heavy atom. The Hall–Kier alpha value is -1.14. The van der Waals surface area contributed by atoms with Gasteiger partial charge in [0.15, 0.2) is 23.1 Å². The zero-order valence-electron chi connectivity index (χ0n) is 16.4. The number of carbonyl (C=O) groups is 2. The molecule has 3 heterocycles. The fraction of sp³-hybridized carbons (Fsp3) is 0.882. The molecule has 10 heteroatoms. The van der Waals surface area contributed by atoms with Crippen molar-refractivity contribution in [1.29, 1.82) is 0 Å². The molecule has 4 aliphatic rings. The summed E-state index contributed by atoms with van der Waals surface area (Å²) < 4.78 is 39.3. The Balaban J connectivity index is 2.17. The summed E-state index contributed by atoms with van der Waals surface area (Å²) in [6.07, 6.45) is -4.56. The van der Waals surface area contributed by atoms with Crippen molar-refractivity contribution in [2.45, 2.75) is 68.0 Å². The zero-order chi connectivity index (χ0) is 20.4. The van der Waals surface area contributed by atoms with Gasteiger partial charge in [0.2, 0.25) is 11.6 Å². The Morgan fingerprint density at radius 2 is 1.59 bits per heavy atom. The van der Waals surface area contributed by atoms with E-state index in [1.165, 1.54) is 35.4 Å². The first-order chi connectivity index (χ1) is 12.5. The predicted octanol–water partition coefficient (Wildman–Crippen LogP) is -0.845. The summed E-state index contributed by atoms with van der Waals surface area (Å²) in [4.78, 5) is 24.7. The Morgan fingerprint density at radius 1 is 1.00 bits per heavy atom. The maximum atomic E-state index is 12.4. The van der Waals surface area contributed by atoms with Gasteiger partial charge < -0.3 is 38.3 Å². The zero-order valence-corrected chi connectivity index (χ0v) is 16.4. The van der Waals surface area contributed by atoms with Gasteiger partial charge >= 0.3 is 5.97 Å². The summed E-state index contributed by atoms with van der Waals surface area (Å²) in [6.45, 7) is 4.35. The number of aliphatic hydroxyl groups is 1. The monoisotopic (exact) mass is 390 g/mol. The number of carbonyl (C=O) groups excluding carboxylic acids is 2. The topological polar surface area (TPSA) is 119 Å². The molecule has 0 amide bonds. The average Bonchev–Trinajstić information content (AvgIpc) is 2.66. The van der Waals surface area contributed by atoms with Crippen molar-refractivity contribution < 1.29 is 47.9 Å². The van der Waals surface area contributed by atoms with Gasteiger partial charge in [-0.2, -0.15) is 0 Å². The van der Waals surface area contributed by atoms with Crippen molar-refractivity contribution in [2.75, 3.05) is 28.4 Å². The summed E-state index contributed by atoms with van der Waals surface area (Å²) in [5.74, 6) is -4.26. The molecule has 2 bridgehead atoms. The molecule has 1 spiro atoms. The lowest BCUT2D eigenvalue weighted by Gasteiger charge is -2.74. The second-order valence-corrected chi connectivity index (χ2v) is 7.21. The number of fused-ring (bicyclic) bond motifs is 2. The third-order valence-corrected chi connectivity index (χ3v) is 6.24. The molecular weight excluding hydrogens is 364 g/mol. The maximum absolute atomic E-state index is 12.4. The van der Waals surface area contributed by atoms with Gasteiger partial charge in [0, 0.05) is 21.3 Å². The molecule has 3 saturated heterocycles. The lowest BCUT2D eigenvalue weighted by molar-refractivity contribution is -0.553. The van der Waals surface area contributed by atoms with E-state index < -0.39 is 58.9 Å². The smallest absolute Gasteiger partial charge is 0.337 e. The Kier molecular flexibility index (Phi) is 4.71. The molecule has 1 saturated carbocycles. The van der Waals surface area contributed by atoms with Crippen molar-refractivity contribution in [3.05, 3.63) is 0 Å². The minimum Gasteiger partial charge on any atom is -0.467 e. The quantitative estimate of drug-likeness (QED) is 0.595. The third kappa shape index (κ3) is 2.14. The molecule has 3 aliphatic heterocycles. The van der Waals surface area contributed by atoms with Crippen LogP contribution in [-0.4, -0.2) is 92.5 Å². The van der Waals surface area contributed by atoms with Crippen LogP contribution in [0, 0.1) is 0 Å². The van der Waals surface area contributed by atoms with E-state index in [9.17, 15) is 14.7 Å². The van der Waals surface area contributed by atoms with Crippen LogP contribution in [0.5, 0.6) is 0 Å². The number of hydrogen-bond donors (Lipinski definition) is 1. The van der Waals surface area contributed by atoms with Crippen molar-refractivity contribution >= 4 is 11.8 Å². The van der Waals surface area contributed by atoms with E-state index in [0.717, 1.165) is 0 Å². The first-order valence-corrected chi connectivity index (χ1v) is 8.50. The Labute approximate surface area is 156 Å².